The van der Waals surface area contributed by atoms with Crippen LogP contribution in [-0.4, -0.2) is 21.4 Å². The third-order valence-electron chi connectivity index (χ3n) is 2.02. The zero-order valence-electron chi connectivity index (χ0n) is 9.10. The predicted octanol–water partition coefficient (Wildman–Crippen LogP) is 1.36. The van der Waals surface area contributed by atoms with Gasteiger partial charge in [0.2, 0.25) is 5.91 Å². The SMILES string of the molecule is Cc1cc(NC(=O)CCS)nn1CCC#N. The second-order valence-electron chi connectivity index (χ2n) is 3.32. The van der Waals surface area contributed by atoms with Crippen molar-refractivity contribution in [3.63, 3.8) is 0 Å². The maximum Gasteiger partial charge on any atom is 0.226 e. The van der Waals surface area contributed by atoms with Gasteiger partial charge in [-0.1, -0.05) is 0 Å². The number of nitriles is 1. The van der Waals surface area contributed by atoms with Gasteiger partial charge in [-0.3, -0.25) is 9.48 Å². The summed E-state index contributed by atoms with van der Waals surface area (Å²) in [5.41, 5.74) is 0.927. The minimum atomic E-state index is -0.0973. The molecule has 6 heteroatoms. The molecule has 0 saturated heterocycles. The number of amides is 1. The highest BCUT2D eigenvalue weighted by Gasteiger charge is 2.06. The zero-order chi connectivity index (χ0) is 12.0. The van der Waals surface area contributed by atoms with E-state index in [0.29, 0.717) is 31.0 Å². The first kappa shape index (κ1) is 12.6. The van der Waals surface area contributed by atoms with Crippen LogP contribution in [0.2, 0.25) is 0 Å². The molecule has 0 aliphatic rings. The van der Waals surface area contributed by atoms with Gasteiger partial charge in [0.05, 0.1) is 19.0 Å². The lowest BCUT2D eigenvalue weighted by Gasteiger charge is -2.00. The van der Waals surface area contributed by atoms with Gasteiger partial charge < -0.3 is 5.32 Å². The van der Waals surface area contributed by atoms with E-state index in [2.05, 4.69) is 29.1 Å². The molecular weight excluding hydrogens is 224 g/mol. The van der Waals surface area contributed by atoms with Gasteiger partial charge in [-0.15, -0.1) is 0 Å². The molecular formula is C10H14N4OS. The van der Waals surface area contributed by atoms with Crippen LogP contribution in [0.5, 0.6) is 0 Å². The Bertz CT molecular complexity index is 407. The molecule has 0 fully saturated rings. The third-order valence-corrected chi connectivity index (χ3v) is 2.25. The molecule has 1 N–H and O–H groups in total. The highest BCUT2D eigenvalue weighted by molar-refractivity contribution is 7.80. The van der Waals surface area contributed by atoms with Crippen molar-refractivity contribution in [3.05, 3.63) is 11.8 Å². The number of hydrogen-bond acceptors (Lipinski definition) is 4. The van der Waals surface area contributed by atoms with E-state index in [1.54, 1.807) is 10.7 Å². The maximum atomic E-state index is 11.3. The molecule has 1 heterocycles. The summed E-state index contributed by atoms with van der Waals surface area (Å²) < 4.78 is 1.71. The second-order valence-corrected chi connectivity index (χ2v) is 3.77. The van der Waals surface area contributed by atoms with Crippen molar-refractivity contribution < 1.29 is 4.79 Å². The first-order valence-corrected chi connectivity index (χ1v) is 5.62. The lowest BCUT2D eigenvalue weighted by molar-refractivity contribution is -0.115. The van der Waals surface area contributed by atoms with Gasteiger partial charge in [-0.25, -0.2) is 0 Å². The summed E-state index contributed by atoms with van der Waals surface area (Å²) in [4.78, 5) is 11.3. The van der Waals surface area contributed by atoms with Crippen molar-refractivity contribution in [3.8, 4) is 6.07 Å². The van der Waals surface area contributed by atoms with Crippen molar-refractivity contribution in [1.29, 1.82) is 5.26 Å². The topological polar surface area (TPSA) is 70.7 Å². The van der Waals surface area contributed by atoms with Crippen molar-refractivity contribution in [2.45, 2.75) is 26.3 Å². The van der Waals surface area contributed by atoms with Gasteiger partial charge in [-0.2, -0.15) is 23.0 Å². The summed E-state index contributed by atoms with van der Waals surface area (Å²) in [6.45, 7) is 2.43. The Labute approximate surface area is 99.9 Å². The molecule has 0 unspecified atom stereocenters. The van der Waals surface area contributed by atoms with E-state index in [-0.39, 0.29) is 5.91 Å². The fourth-order valence-corrected chi connectivity index (χ4v) is 1.46. The standard InChI is InChI=1S/C10H14N4OS/c1-8-7-9(12-10(15)3-6-16)13-14(8)5-2-4-11/h7,16H,2-3,5-6H2,1H3,(H,12,13,15). The van der Waals surface area contributed by atoms with E-state index in [9.17, 15) is 4.79 Å². The Kier molecular flexibility index (Phi) is 4.86. The van der Waals surface area contributed by atoms with Gasteiger partial charge in [0.15, 0.2) is 5.82 Å². The number of thiol groups is 1. The molecule has 0 atom stereocenters. The number of hydrogen-bond donors (Lipinski definition) is 2. The Morgan fingerprint density at radius 2 is 2.50 bits per heavy atom. The number of aromatic nitrogens is 2. The summed E-state index contributed by atoms with van der Waals surface area (Å²) in [5.74, 6) is 0.946. The number of nitrogens with zero attached hydrogens (tertiary/aromatic N) is 3. The smallest absolute Gasteiger partial charge is 0.226 e. The number of aryl methyl sites for hydroxylation is 2. The molecule has 0 spiro atoms. The third kappa shape index (κ3) is 3.59. The summed E-state index contributed by atoms with van der Waals surface area (Å²) >= 11 is 3.98. The molecule has 0 bridgehead atoms. The minimum Gasteiger partial charge on any atom is -0.309 e. The highest BCUT2D eigenvalue weighted by atomic mass is 32.1. The van der Waals surface area contributed by atoms with Gasteiger partial charge in [0.1, 0.15) is 0 Å². The Morgan fingerprint density at radius 1 is 1.75 bits per heavy atom. The summed E-state index contributed by atoms with van der Waals surface area (Å²) in [7, 11) is 0. The van der Waals surface area contributed by atoms with Gasteiger partial charge >= 0.3 is 0 Å². The molecule has 16 heavy (non-hydrogen) atoms. The molecule has 86 valence electrons. The Morgan fingerprint density at radius 3 is 3.12 bits per heavy atom. The van der Waals surface area contributed by atoms with Gasteiger partial charge in [-0.05, 0) is 12.7 Å². The number of nitrogens with one attached hydrogen (secondary N) is 1. The van der Waals surface area contributed by atoms with Crippen LogP contribution in [0.3, 0.4) is 0 Å². The van der Waals surface area contributed by atoms with Crippen molar-refractivity contribution in [2.75, 3.05) is 11.1 Å². The molecule has 0 radical (unpaired) electrons. The molecule has 5 nitrogen and oxygen atoms in total. The number of carbonyl (C=O) groups is 1. The highest BCUT2D eigenvalue weighted by Crippen LogP contribution is 2.09. The van der Waals surface area contributed by atoms with Crippen molar-refractivity contribution >= 4 is 24.4 Å². The van der Waals surface area contributed by atoms with Gasteiger partial charge in [0, 0.05) is 18.2 Å². The molecule has 1 amide bonds. The van der Waals surface area contributed by atoms with E-state index in [4.69, 9.17) is 5.26 Å². The summed E-state index contributed by atoms with van der Waals surface area (Å²) in [6, 6.07) is 3.84. The average molecular weight is 238 g/mol. The molecule has 0 aliphatic carbocycles. The lowest BCUT2D eigenvalue weighted by atomic mass is 10.4. The number of anilines is 1. The van der Waals surface area contributed by atoms with Crippen LogP contribution in [0.4, 0.5) is 5.82 Å². The maximum absolute atomic E-state index is 11.3. The van der Waals surface area contributed by atoms with Crippen LogP contribution < -0.4 is 5.32 Å². The van der Waals surface area contributed by atoms with Crippen LogP contribution in [-0.2, 0) is 11.3 Å². The van der Waals surface area contributed by atoms with E-state index in [0.717, 1.165) is 5.69 Å². The van der Waals surface area contributed by atoms with E-state index >= 15 is 0 Å². The molecule has 0 aromatic carbocycles. The summed E-state index contributed by atoms with van der Waals surface area (Å²) in [6.07, 6.45) is 0.778. The zero-order valence-corrected chi connectivity index (χ0v) is 10.00. The van der Waals surface area contributed by atoms with Crippen molar-refractivity contribution in [2.24, 2.45) is 0 Å². The van der Waals surface area contributed by atoms with Crippen LogP contribution in [0.15, 0.2) is 6.07 Å². The van der Waals surface area contributed by atoms with Crippen molar-refractivity contribution in [1.82, 2.24) is 9.78 Å². The molecule has 1 aromatic heterocycles. The molecule has 1 aromatic rings. The predicted molar refractivity (Wildman–Crippen MR) is 64.3 cm³/mol. The monoisotopic (exact) mass is 238 g/mol. The van der Waals surface area contributed by atoms with E-state index < -0.39 is 0 Å². The number of carbonyl (C=O) groups excluding carboxylic acids is 1. The first-order chi connectivity index (χ1) is 7.67. The van der Waals surface area contributed by atoms with Crippen LogP contribution in [0, 0.1) is 18.3 Å². The van der Waals surface area contributed by atoms with Crippen LogP contribution >= 0.6 is 12.6 Å². The molecule has 0 aliphatic heterocycles. The van der Waals surface area contributed by atoms with Gasteiger partial charge in [0.25, 0.3) is 0 Å². The first-order valence-electron chi connectivity index (χ1n) is 4.99. The number of rotatable bonds is 5. The quantitative estimate of drug-likeness (QED) is 0.761. The molecule has 0 saturated carbocycles. The Hall–Kier alpha value is -1.48. The fourth-order valence-electron chi connectivity index (χ4n) is 1.26. The largest absolute Gasteiger partial charge is 0.309 e. The normalized spacial score (nSPS) is 9.81. The lowest BCUT2D eigenvalue weighted by Crippen LogP contribution is -2.12. The van der Waals surface area contributed by atoms with Crippen LogP contribution in [0.1, 0.15) is 18.5 Å². The van der Waals surface area contributed by atoms with E-state index in [1.165, 1.54) is 0 Å². The Balaban J connectivity index is 2.62. The minimum absolute atomic E-state index is 0.0973. The fraction of sp³-hybridized carbons (Fsp3) is 0.500. The second kappa shape index (κ2) is 6.18. The van der Waals surface area contributed by atoms with Crippen LogP contribution in [0.25, 0.3) is 0 Å². The summed E-state index contributed by atoms with van der Waals surface area (Å²) in [5, 5.41) is 15.3. The van der Waals surface area contributed by atoms with E-state index in [1.807, 2.05) is 6.92 Å². The molecule has 1 rings (SSSR count). The average Bonchev–Trinajstić information content (AvgIpc) is 2.56.